The van der Waals surface area contributed by atoms with Crippen LogP contribution in [0.3, 0.4) is 0 Å². The van der Waals surface area contributed by atoms with Gasteiger partial charge in [0.2, 0.25) is 0 Å². The molecule has 1 N–H and O–H groups in total. The number of halogens is 3. The highest BCUT2D eigenvalue weighted by Gasteiger charge is 2.29. The monoisotopic (exact) mass is 276 g/mol. The van der Waals surface area contributed by atoms with Crippen molar-refractivity contribution in [3.63, 3.8) is 0 Å². The third-order valence-corrected chi connectivity index (χ3v) is 2.68. The van der Waals surface area contributed by atoms with E-state index in [2.05, 4.69) is 11.8 Å². The molecule has 4 heteroatoms. The summed E-state index contributed by atoms with van der Waals surface area (Å²) in [5, 5.41) is 9.81. The maximum absolute atomic E-state index is 12.4. The van der Waals surface area contributed by atoms with E-state index in [-0.39, 0.29) is 0 Å². The summed E-state index contributed by atoms with van der Waals surface area (Å²) < 4.78 is 37.1. The van der Waals surface area contributed by atoms with E-state index in [9.17, 15) is 18.3 Å². The maximum atomic E-state index is 12.4. The van der Waals surface area contributed by atoms with Gasteiger partial charge in [0, 0.05) is 5.56 Å². The lowest BCUT2D eigenvalue weighted by Crippen LogP contribution is -2.04. The minimum Gasteiger partial charge on any atom is -0.376 e. The lowest BCUT2D eigenvalue weighted by molar-refractivity contribution is -0.137. The van der Waals surface area contributed by atoms with Gasteiger partial charge in [-0.3, -0.25) is 0 Å². The number of rotatable bonds is 1. The zero-order valence-electron chi connectivity index (χ0n) is 10.4. The van der Waals surface area contributed by atoms with Crippen LogP contribution in [0.5, 0.6) is 0 Å². The molecule has 1 nitrogen and oxygen atoms in total. The molecular formula is C16H11F3O. The molecule has 0 radical (unpaired) electrons. The summed E-state index contributed by atoms with van der Waals surface area (Å²) in [6.07, 6.45) is -5.31. The molecule has 0 heterocycles. The molecule has 1 atom stereocenters. The molecule has 0 bridgehead atoms. The second-order valence-electron chi connectivity index (χ2n) is 4.16. The standard InChI is InChI=1S/C16H11F3O/c17-16(18,19)14-9-6-12(7-10-14)8-11-15(20)13-4-2-1-3-5-13/h1-7,9-10,15,20H/t15-/m0/s1. The van der Waals surface area contributed by atoms with Crippen molar-refractivity contribution in [1.29, 1.82) is 0 Å². The van der Waals surface area contributed by atoms with Crippen molar-refractivity contribution < 1.29 is 18.3 Å². The Balaban J connectivity index is 2.13. The summed E-state index contributed by atoms with van der Waals surface area (Å²) in [4.78, 5) is 0. The first-order valence-electron chi connectivity index (χ1n) is 5.88. The van der Waals surface area contributed by atoms with E-state index < -0.39 is 17.8 Å². The fourth-order valence-corrected chi connectivity index (χ4v) is 1.61. The second kappa shape index (κ2) is 5.81. The summed E-state index contributed by atoms with van der Waals surface area (Å²) in [7, 11) is 0. The molecule has 0 aliphatic carbocycles. The first kappa shape index (κ1) is 14.2. The van der Waals surface area contributed by atoms with Gasteiger partial charge in [-0.1, -0.05) is 42.2 Å². The van der Waals surface area contributed by atoms with Crippen LogP contribution >= 0.6 is 0 Å². The molecule has 0 aromatic heterocycles. The Morgan fingerprint density at radius 3 is 2.05 bits per heavy atom. The van der Waals surface area contributed by atoms with Gasteiger partial charge >= 0.3 is 6.18 Å². The average molecular weight is 276 g/mol. The van der Waals surface area contributed by atoms with Crippen molar-refractivity contribution in [2.45, 2.75) is 12.3 Å². The van der Waals surface area contributed by atoms with Crippen LogP contribution in [0, 0.1) is 11.8 Å². The third kappa shape index (κ3) is 3.62. The van der Waals surface area contributed by atoms with Gasteiger partial charge in [0.1, 0.15) is 6.10 Å². The molecule has 2 aromatic carbocycles. The lowest BCUT2D eigenvalue weighted by Gasteiger charge is -2.05. The predicted octanol–water partition coefficient (Wildman–Crippen LogP) is 3.79. The average Bonchev–Trinajstić information content (AvgIpc) is 2.45. The Labute approximate surface area is 114 Å². The highest BCUT2D eigenvalue weighted by molar-refractivity contribution is 5.38. The Bertz CT molecular complexity index is 619. The summed E-state index contributed by atoms with van der Waals surface area (Å²) in [6, 6.07) is 13.3. The van der Waals surface area contributed by atoms with E-state index in [0.717, 1.165) is 12.1 Å². The fourth-order valence-electron chi connectivity index (χ4n) is 1.61. The van der Waals surface area contributed by atoms with Crippen LogP contribution in [0.2, 0.25) is 0 Å². The minimum absolute atomic E-state index is 0.424. The topological polar surface area (TPSA) is 20.2 Å². The Morgan fingerprint density at radius 2 is 1.50 bits per heavy atom. The van der Waals surface area contributed by atoms with Gasteiger partial charge in [-0.15, -0.1) is 0 Å². The molecule has 20 heavy (non-hydrogen) atoms. The van der Waals surface area contributed by atoms with Crippen molar-refractivity contribution in [3.05, 3.63) is 71.3 Å². The molecule has 0 saturated carbocycles. The van der Waals surface area contributed by atoms with E-state index in [1.807, 2.05) is 6.07 Å². The molecule has 0 spiro atoms. The van der Waals surface area contributed by atoms with Crippen LogP contribution < -0.4 is 0 Å². The van der Waals surface area contributed by atoms with Gasteiger partial charge in [0.05, 0.1) is 5.56 Å². The summed E-state index contributed by atoms with van der Waals surface area (Å²) >= 11 is 0. The van der Waals surface area contributed by atoms with Crippen molar-refractivity contribution in [1.82, 2.24) is 0 Å². The van der Waals surface area contributed by atoms with E-state index in [1.165, 1.54) is 12.1 Å². The lowest BCUT2D eigenvalue weighted by atomic mass is 10.1. The van der Waals surface area contributed by atoms with Gasteiger partial charge in [0.15, 0.2) is 0 Å². The van der Waals surface area contributed by atoms with Crippen molar-refractivity contribution in [3.8, 4) is 11.8 Å². The fraction of sp³-hybridized carbons (Fsp3) is 0.125. The number of aliphatic hydroxyl groups excluding tert-OH is 1. The van der Waals surface area contributed by atoms with E-state index >= 15 is 0 Å². The summed E-state index contributed by atoms with van der Waals surface area (Å²) in [6.45, 7) is 0. The van der Waals surface area contributed by atoms with Gasteiger partial charge in [-0.05, 0) is 29.8 Å². The molecule has 0 amide bonds. The first-order chi connectivity index (χ1) is 9.47. The molecule has 0 unspecified atom stereocenters. The SMILES string of the molecule is O[C@@H](C#Cc1ccc(C(F)(F)F)cc1)c1ccccc1. The van der Waals surface area contributed by atoms with Crippen molar-refractivity contribution in [2.24, 2.45) is 0 Å². The van der Waals surface area contributed by atoms with Crippen molar-refractivity contribution in [2.75, 3.05) is 0 Å². The van der Waals surface area contributed by atoms with Crippen molar-refractivity contribution >= 4 is 0 Å². The Kier molecular flexibility index (Phi) is 4.11. The summed E-state index contributed by atoms with van der Waals surface area (Å²) in [5.74, 6) is 5.25. The van der Waals surface area contributed by atoms with Gasteiger partial charge in [-0.2, -0.15) is 13.2 Å². The van der Waals surface area contributed by atoms with Gasteiger partial charge in [0.25, 0.3) is 0 Å². The molecule has 0 aliphatic rings. The highest BCUT2D eigenvalue weighted by Crippen LogP contribution is 2.28. The molecule has 0 fully saturated rings. The number of alkyl halides is 3. The molecule has 2 rings (SSSR count). The van der Waals surface area contributed by atoms with Crippen LogP contribution in [0.4, 0.5) is 13.2 Å². The second-order valence-corrected chi connectivity index (χ2v) is 4.16. The molecule has 2 aromatic rings. The third-order valence-electron chi connectivity index (χ3n) is 2.68. The van der Waals surface area contributed by atoms with Gasteiger partial charge in [-0.25, -0.2) is 0 Å². The normalized spacial score (nSPS) is 12.4. The quantitative estimate of drug-likeness (QED) is 0.786. The molecule has 102 valence electrons. The Morgan fingerprint density at radius 1 is 0.900 bits per heavy atom. The van der Waals surface area contributed by atoms with Crippen LogP contribution in [0.15, 0.2) is 54.6 Å². The van der Waals surface area contributed by atoms with Crippen LogP contribution in [0.25, 0.3) is 0 Å². The molecule has 0 saturated heterocycles. The van der Waals surface area contributed by atoms with E-state index in [4.69, 9.17) is 0 Å². The predicted molar refractivity (Wildman–Crippen MR) is 69.7 cm³/mol. The van der Waals surface area contributed by atoms with Gasteiger partial charge < -0.3 is 5.11 Å². The number of aliphatic hydroxyl groups is 1. The number of hydrogen-bond donors (Lipinski definition) is 1. The zero-order valence-corrected chi connectivity index (χ0v) is 10.4. The summed E-state index contributed by atoms with van der Waals surface area (Å²) in [5.41, 5.74) is 0.353. The highest BCUT2D eigenvalue weighted by atomic mass is 19.4. The molecule has 0 aliphatic heterocycles. The van der Waals surface area contributed by atoms with Crippen LogP contribution in [0.1, 0.15) is 22.8 Å². The number of hydrogen-bond acceptors (Lipinski definition) is 1. The van der Waals surface area contributed by atoms with Crippen LogP contribution in [-0.4, -0.2) is 5.11 Å². The maximum Gasteiger partial charge on any atom is 0.416 e. The van der Waals surface area contributed by atoms with E-state index in [1.54, 1.807) is 24.3 Å². The smallest absolute Gasteiger partial charge is 0.376 e. The van der Waals surface area contributed by atoms with Crippen LogP contribution in [-0.2, 0) is 6.18 Å². The Hall–Kier alpha value is -2.25. The molecular weight excluding hydrogens is 265 g/mol. The first-order valence-corrected chi connectivity index (χ1v) is 5.88. The largest absolute Gasteiger partial charge is 0.416 e. The van der Waals surface area contributed by atoms with E-state index in [0.29, 0.717) is 11.1 Å². The number of benzene rings is 2. The minimum atomic E-state index is -4.35. The zero-order chi connectivity index (χ0) is 14.6.